The second-order valence-electron chi connectivity index (χ2n) is 8.18. The van der Waals surface area contributed by atoms with Crippen molar-refractivity contribution in [2.24, 2.45) is 23.7 Å². The zero-order valence-electron chi connectivity index (χ0n) is 17.4. The molecule has 8 heteroatoms. The number of benzene rings is 2. The van der Waals surface area contributed by atoms with Crippen molar-refractivity contribution >= 4 is 29.4 Å². The molecule has 4 atom stereocenters. The molecule has 164 valence electrons. The van der Waals surface area contributed by atoms with E-state index in [2.05, 4.69) is 16.2 Å². The molecule has 0 radical (unpaired) electrons. The molecule has 0 aliphatic heterocycles. The fraction of sp³-hybridized carbons (Fsp3) is 0.250. The van der Waals surface area contributed by atoms with E-state index in [1.807, 2.05) is 25.1 Å². The van der Waals surface area contributed by atoms with Gasteiger partial charge in [0.1, 0.15) is 0 Å². The molecule has 4 N–H and O–H groups in total. The molecule has 0 heterocycles. The maximum atomic E-state index is 12.5. The SMILES string of the molecule is Cc1cccc(C(=O)Nc2ccc(C(=O)NNC(=O)[C@@H]3[C@@H](C(=O)O)[C@H]4C=C[C@H]3C4)cc2)c1. The Morgan fingerprint density at radius 2 is 1.53 bits per heavy atom. The fourth-order valence-electron chi connectivity index (χ4n) is 4.48. The van der Waals surface area contributed by atoms with E-state index in [1.54, 1.807) is 30.3 Å². The summed E-state index contributed by atoms with van der Waals surface area (Å²) in [5.74, 6) is -4.08. The number of hydrogen-bond donors (Lipinski definition) is 4. The molecule has 2 aliphatic carbocycles. The molecule has 2 aliphatic rings. The van der Waals surface area contributed by atoms with Crippen LogP contribution in [0.1, 0.15) is 32.7 Å². The van der Waals surface area contributed by atoms with Gasteiger partial charge in [-0.3, -0.25) is 30.0 Å². The average Bonchev–Trinajstić information content (AvgIpc) is 3.39. The van der Waals surface area contributed by atoms with Crippen LogP contribution in [0.3, 0.4) is 0 Å². The minimum absolute atomic E-state index is 0.130. The fourth-order valence-corrected chi connectivity index (χ4v) is 4.48. The van der Waals surface area contributed by atoms with E-state index in [4.69, 9.17) is 0 Å². The lowest BCUT2D eigenvalue weighted by molar-refractivity contribution is -0.148. The molecule has 0 saturated heterocycles. The number of rotatable bonds is 5. The first-order valence-corrected chi connectivity index (χ1v) is 10.3. The Morgan fingerprint density at radius 1 is 0.844 bits per heavy atom. The standard InChI is InChI=1S/C24H23N3O5/c1-13-3-2-4-17(11-13)21(28)25-18-9-7-14(8-10-18)22(29)26-27-23(30)19-15-5-6-16(12-15)20(19)24(31)32/h2-11,15-16,19-20H,12H2,1H3,(H,25,28)(H,26,29)(H,27,30)(H,31,32)/t15-,16-,19-,20-/m0/s1. The van der Waals surface area contributed by atoms with Crippen molar-refractivity contribution < 1.29 is 24.3 Å². The Labute approximate surface area is 184 Å². The first-order chi connectivity index (χ1) is 15.3. The number of amides is 3. The van der Waals surface area contributed by atoms with Gasteiger partial charge in [-0.1, -0.05) is 29.8 Å². The first kappa shape index (κ1) is 21.3. The van der Waals surface area contributed by atoms with Crippen LogP contribution in [-0.2, 0) is 9.59 Å². The molecular weight excluding hydrogens is 410 g/mol. The summed E-state index contributed by atoms with van der Waals surface area (Å²) in [4.78, 5) is 48.8. The minimum atomic E-state index is -1.00. The number of carbonyl (C=O) groups excluding carboxylic acids is 3. The van der Waals surface area contributed by atoms with Gasteiger partial charge in [0, 0.05) is 16.8 Å². The summed E-state index contributed by atoms with van der Waals surface area (Å²) in [5.41, 5.74) is 7.01. The van der Waals surface area contributed by atoms with Crippen molar-refractivity contribution in [2.45, 2.75) is 13.3 Å². The van der Waals surface area contributed by atoms with Crippen LogP contribution in [0.5, 0.6) is 0 Å². The Morgan fingerprint density at radius 3 is 2.19 bits per heavy atom. The van der Waals surface area contributed by atoms with E-state index >= 15 is 0 Å². The number of hydrogen-bond acceptors (Lipinski definition) is 4. The van der Waals surface area contributed by atoms with Crippen LogP contribution in [0.15, 0.2) is 60.7 Å². The summed E-state index contributed by atoms with van der Waals surface area (Å²) in [5, 5.41) is 12.2. The molecule has 2 aromatic rings. The van der Waals surface area contributed by atoms with Crippen LogP contribution >= 0.6 is 0 Å². The van der Waals surface area contributed by atoms with Crippen molar-refractivity contribution in [3.63, 3.8) is 0 Å². The average molecular weight is 433 g/mol. The van der Waals surface area contributed by atoms with Gasteiger partial charge in [0.05, 0.1) is 11.8 Å². The lowest BCUT2D eigenvalue weighted by Gasteiger charge is -2.23. The maximum Gasteiger partial charge on any atom is 0.307 e. The molecule has 1 saturated carbocycles. The van der Waals surface area contributed by atoms with Crippen LogP contribution in [0.2, 0.25) is 0 Å². The highest BCUT2D eigenvalue weighted by Gasteiger charge is 2.51. The maximum absolute atomic E-state index is 12.5. The highest BCUT2D eigenvalue weighted by atomic mass is 16.4. The smallest absolute Gasteiger partial charge is 0.307 e. The van der Waals surface area contributed by atoms with Gasteiger partial charge in [0.15, 0.2) is 0 Å². The molecule has 2 aromatic carbocycles. The number of allylic oxidation sites excluding steroid dienone is 2. The van der Waals surface area contributed by atoms with Crippen LogP contribution in [0, 0.1) is 30.6 Å². The molecule has 8 nitrogen and oxygen atoms in total. The summed E-state index contributed by atoms with van der Waals surface area (Å²) in [6, 6.07) is 13.4. The van der Waals surface area contributed by atoms with Gasteiger partial charge in [0.2, 0.25) is 5.91 Å². The Hall–Kier alpha value is -3.94. The van der Waals surface area contributed by atoms with E-state index in [1.165, 1.54) is 12.1 Å². The molecule has 2 bridgehead atoms. The summed E-state index contributed by atoms with van der Waals surface area (Å²) in [6.45, 7) is 1.90. The summed E-state index contributed by atoms with van der Waals surface area (Å²) in [7, 11) is 0. The molecular formula is C24H23N3O5. The zero-order chi connectivity index (χ0) is 22.8. The number of anilines is 1. The highest BCUT2D eigenvalue weighted by molar-refractivity contribution is 6.04. The second-order valence-corrected chi connectivity index (χ2v) is 8.18. The lowest BCUT2D eigenvalue weighted by atomic mass is 9.82. The van der Waals surface area contributed by atoms with E-state index in [-0.39, 0.29) is 23.3 Å². The Balaban J connectivity index is 1.33. The number of carboxylic acids is 1. The predicted molar refractivity (Wildman–Crippen MR) is 117 cm³/mol. The second kappa shape index (κ2) is 8.66. The summed E-state index contributed by atoms with van der Waals surface area (Å²) < 4.78 is 0. The topological polar surface area (TPSA) is 125 Å². The third-order valence-corrected chi connectivity index (χ3v) is 6.03. The Kier molecular flexibility index (Phi) is 5.77. The van der Waals surface area contributed by atoms with Crippen LogP contribution in [0.25, 0.3) is 0 Å². The van der Waals surface area contributed by atoms with Crippen molar-refractivity contribution in [1.82, 2.24) is 10.9 Å². The number of aliphatic carboxylic acids is 1. The highest BCUT2D eigenvalue weighted by Crippen LogP contribution is 2.48. The van der Waals surface area contributed by atoms with E-state index in [0.29, 0.717) is 17.7 Å². The summed E-state index contributed by atoms with van der Waals surface area (Å²) in [6.07, 6.45) is 4.36. The molecule has 0 spiro atoms. The first-order valence-electron chi connectivity index (χ1n) is 10.3. The van der Waals surface area contributed by atoms with Crippen molar-refractivity contribution in [3.8, 4) is 0 Å². The number of aryl methyl sites for hydroxylation is 1. The van der Waals surface area contributed by atoms with Gasteiger partial charge in [-0.15, -0.1) is 0 Å². The number of nitrogens with one attached hydrogen (secondary N) is 3. The largest absolute Gasteiger partial charge is 0.481 e. The van der Waals surface area contributed by atoms with Gasteiger partial charge >= 0.3 is 5.97 Å². The van der Waals surface area contributed by atoms with Crippen molar-refractivity contribution in [3.05, 3.63) is 77.4 Å². The Bertz CT molecular complexity index is 1110. The number of carbonyl (C=O) groups is 4. The van der Waals surface area contributed by atoms with E-state index < -0.39 is 29.6 Å². The molecule has 4 rings (SSSR count). The third-order valence-electron chi connectivity index (χ3n) is 6.03. The van der Waals surface area contributed by atoms with Gasteiger partial charge < -0.3 is 10.4 Å². The number of fused-ring (bicyclic) bond motifs is 2. The number of hydrazine groups is 1. The molecule has 3 amide bonds. The monoisotopic (exact) mass is 433 g/mol. The van der Waals surface area contributed by atoms with Crippen molar-refractivity contribution in [1.29, 1.82) is 0 Å². The van der Waals surface area contributed by atoms with E-state index in [9.17, 15) is 24.3 Å². The van der Waals surface area contributed by atoms with Crippen LogP contribution < -0.4 is 16.2 Å². The minimum Gasteiger partial charge on any atom is -0.481 e. The zero-order valence-corrected chi connectivity index (χ0v) is 17.4. The summed E-state index contributed by atoms with van der Waals surface area (Å²) >= 11 is 0. The molecule has 1 fully saturated rings. The normalized spacial score (nSPS) is 22.9. The lowest BCUT2D eigenvalue weighted by Crippen LogP contribution is -2.48. The van der Waals surface area contributed by atoms with Crippen LogP contribution in [-0.4, -0.2) is 28.8 Å². The van der Waals surface area contributed by atoms with Gasteiger partial charge in [-0.05, 0) is 61.6 Å². The quantitative estimate of drug-likeness (QED) is 0.426. The van der Waals surface area contributed by atoms with Gasteiger partial charge in [-0.25, -0.2) is 0 Å². The van der Waals surface area contributed by atoms with E-state index in [0.717, 1.165) is 5.56 Å². The predicted octanol–water partition coefficient (Wildman–Crippen LogP) is 2.53. The van der Waals surface area contributed by atoms with Gasteiger partial charge in [-0.2, -0.15) is 0 Å². The van der Waals surface area contributed by atoms with Gasteiger partial charge in [0.25, 0.3) is 11.8 Å². The third kappa shape index (κ3) is 4.25. The molecule has 0 aromatic heterocycles. The number of carboxylic acid groups (broad SMARTS) is 1. The van der Waals surface area contributed by atoms with Crippen molar-refractivity contribution in [2.75, 3.05) is 5.32 Å². The molecule has 0 unspecified atom stereocenters. The molecule has 32 heavy (non-hydrogen) atoms. The van der Waals surface area contributed by atoms with Crippen LogP contribution in [0.4, 0.5) is 5.69 Å².